The van der Waals surface area contributed by atoms with Crippen LogP contribution in [0, 0.1) is 5.92 Å². The first-order valence-electron chi connectivity index (χ1n) is 6.85. The van der Waals surface area contributed by atoms with Gasteiger partial charge >= 0.3 is 5.97 Å². The molecule has 0 bridgehead atoms. The molecule has 2 aromatic rings. The molecule has 6 nitrogen and oxygen atoms in total. The first-order chi connectivity index (χ1) is 10.4. The fourth-order valence-electron chi connectivity index (χ4n) is 1.86. The van der Waals surface area contributed by atoms with E-state index in [-0.39, 0.29) is 17.2 Å². The minimum Gasteiger partial charge on any atom is -0.477 e. The minimum atomic E-state index is -0.981. The van der Waals surface area contributed by atoms with E-state index < -0.39 is 5.97 Å². The highest BCUT2D eigenvalue weighted by Gasteiger charge is 2.10. The lowest BCUT2D eigenvalue weighted by Crippen LogP contribution is -2.14. The van der Waals surface area contributed by atoms with Gasteiger partial charge in [-0.2, -0.15) is 0 Å². The van der Waals surface area contributed by atoms with Crippen molar-refractivity contribution in [1.29, 1.82) is 0 Å². The molecule has 0 aliphatic heterocycles. The van der Waals surface area contributed by atoms with Gasteiger partial charge in [-0.1, -0.05) is 13.8 Å². The van der Waals surface area contributed by atoms with Gasteiger partial charge in [-0.05, 0) is 22.9 Å². The van der Waals surface area contributed by atoms with Gasteiger partial charge in [0, 0.05) is 6.42 Å². The normalized spacial score (nSPS) is 10.7. The van der Waals surface area contributed by atoms with Crippen molar-refractivity contribution in [2.45, 2.75) is 26.7 Å². The molecule has 0 radical (unpaired) electrons. The van der Waals surface area contributed by atoms with Crippen LogP contribution in [0.4, 0.5) is 5.69 Å². The predicted molar refractivity (Wildman–Crippen MR) is 84.2 cm³/mol. The molecule has 0 unspecified atom stereocenters. The monoisotopic (exact) mass is 319 g/mol. The zero-order valence-electron chi connectivity index (χ0n) is 12.4. The van der Waals surface area contributed by atoms with E-state index in [1.807, 2.05) is 0 Å². The molecule has 0 spiro atoms. The molecule has 116 valence electrons. The van der Waals surface area contributed by atoms with Crippen LogP contribution in [0.2, 0.25) is 0 Å². The zero-order chi connectivity index (χ0) is 16.1. The van der Waals surface area contributed by atoms with Gasteiger partial charge < -0.3 is 10.4 Å². The first-order valence-corrected chi connectivity index (χ1v) is 7.73. The second-order valence-electron chi connectivity index (χ2n) is 5.34. The van der Waals surface area contributed by atoms with Crippen molar-refractivity contribution in [3.8, 4) is 0 Å². The molecule has 2 N–H and O–H groups in total. The number of carbonyl (C=O) groups is 2. The zero-order valence-corrected chi connectivity index (χ0v) is 13.2. The van der Waals surface area contributed by atoms with Crippen LogP contribution >= 0.6 is 11.3 Å². The standard InChI is InChI=1S/C15H17N3O3S/c1-9(2)3-13-16-6-11(7-17-13)18-14(19)5-10-4-12(15(20)21)22-8-10/h4,6-9H,3,5H2,1-2H3,(H,18,19)(H,20,21). The van der Waals surface area contributed by atoms with Crippen molar-refractivity contribution in [2.75, 3.05) is 5.32 Å². The average molecular weight is 319 g/mol. The van der Waals surface area contributed by atoms with Crippen molar-refractivity contribution in [3.63, 3.8) is 0 Å². The number of aromatic nitrogens is 2. The summed E-state index contributed by atoms with van der Waals surface area (Å²) in [5.74, 6) is 0.0140. The topological polar surface area (TPSA) is 92.2 Å². The lowest BCUT2D eigenvalue weighted by Gasteiger charge is -2.06. The molecule has 0 aliphatic rings. The Balaban J connectivity index is 1.92. The Morgan fingerprint density at radius 1 is 1.32 bits per heavy atom. The van der Waals surface area contributed by atoms with Gasteiger partial charge in [0.2, 0.25) is 5.91 Å². The number of carbonyl (C=O) groups excluding carboxylic acids is 1. The highest BCUT2D eigenvalue weighted by Crippen LogP contribution is 2.16. The van der Waals surface area contributed by atoms with Crippen molar-refractivity contribution < 1.29 is 14.7 Å². The molecule has 22 heavy (non-hydrogen) atoms. The summed E-state index contributed by atoms with van der Waals surface area (Å²) in [6.07, 6.45) is 4.08. The molecule has 1 amide bonds. The maximum atomic E-state index is 11.9. The first kappa shape index (κ1) is 16.1. The summed E-state index contributed by atoms with van der Waals surface area (Å²) in [6.45, 7) is 4.18. The van der Waals surface area contributed by atoms with Crippen LogP contribution in [-0.2, 0) is 17.6 Å². The molecule has 2 aromatic heterocycles. The van der Waals surface area contributed by atoms with Crippen LogP contribution in [0.3, 0.4) is 0 Å². The Kier molecular flexibility index (Phi) is 5.21. The van der Waals surface area contributed by atoms with Crippen LogP contribution in [0.5, 0.6) is 0 Å². The van der Waals surface area contributed by atoms with Crippen LogP contribution in [0.25, 0.3) is 0 Å². The van der Waals surface area contributed by atoms with E-state index in [0.717, 1.165) is 23.6 Å². The lowest BCUT2D eigenvalue weighted by molar-refractivity contribution is -0.115. The highest BCUT2D eigenvalue weighted by molar-refractivity contribution is 7.12. The summed E-state index contributed by atoms with van der Waals surface area (Å²) in [7, 11) is 0. The van der Waals surface area contributed by atoms with Crippen LogP contribution in [0.1, 0.15) is 34.9 Å². The molecule has 0 fully saturated rings. The Hall–Kier alpha value is -2.28. The van der Waals surface area contributed by atoms with Crippen molar-refractivity contribution in [3.05, 3.63) is 40.1 Å². The van der Waals surface area contributed by atoms with E-state index in [1.165, 1.54) is 6.07 Å². The number of aromatic carboxylic acids is 1. The van der Waals surface area contributed by atoms with Crippen molar-refractivity contribution in [1.82, 2.24) is 9.97 Å². The van der Waals surface area contributed by atoms with Gasteiger partial charge in [0.05, 0.1) is 24.5 Å². The predicted octanol–water partition coefficient (Wildman–Crippen LogP) is 2.62. The second kappa shape index (κ2) is 7.13. The maximum absolute atomic E-state index is 11.9. The average Bonchev–Trinajstić information content (AvgIpc) is 2.89. The molecule has 2 rings (SSSR count). The number of rotatable bonds is 6. The van der Waals surface area contributed by atoms with Gasteiger partial charge in [0.15, 0.2) is 0 Å². The summed E-state index contributed by atoms with van der Waals surface area (Å²) >= 11 is 1.11. The molecule has 0 saturated heterocycles. The third-order valence-corrected chi connectivity index (χ3v) is 3.78. The van der Waals surface area contributed by atoms with E-state index in [0.29, 0.717) is 17.2 Å². The van der Waals surface area contributed by atoms with Gasteiger partial charge in [-0.3, -0.25) is 4.79 Å². The summed E-state index contributed by atoms with van der Waals surface area (Å²) in [5, 5.41) is 13.2. The summed E-state index contributed by atoms with van der Waals surface area (Å²) < 4.78 is 0. The van der Waals surface area contributed by atoms with E-state index in [2.05, 4.69) is 29.1 Å². The van der Waals surface area contributed by atoms with Crippen LogP contribution in [0.15, 0.2) is 23.8 Å². The number of carboxylic acids is 1. The Morgan fingerprint density at radius 2 is 2.00 bits per heavy atom. The Labute approximate surface area is 132 Å². The number of hydrogen-bond acceptors (Lipinski definition) is 5. The summed E-state index contributed by atoms with van der Waals surface area (Å²) in [5.41, 5.74) is 1.21. The molecule has 0 aromatic carbocycles. The Morgan fingerprint density at radius 3 is 2.55 bits per heavy atom. The van der Waals surface area contributed by atoms with Crippen molar-refractivity contribution >= 4 is 28.9 Å². The number of carboxylic acid groups (broad SMARTS) is 1. The van der Waals surface area contributed by atoms with E-state index >= 15 is 0 Å². The molecular weight excluding hydrogens is 302 g/mol. The van der Waals surface area contributed by atoms with Gasteiger partial charge in [-0.25, -0.2) is 14.8 Å². The number of amides is 1. The van der Waals surface area contributed by atoms with Gasteiger partial charge in [-0.15, -0.1) is 11.3 Å². The number of hydrogen-bond donors (Lipinski definition) is 2. The largest absolute Gasteiger partial charge is 0.477 e. The fraction of sp³-hybridized carbons (Fsp3) is 0.333. The maximum Gasteiger partial charge on any atom is 0.345 e. The van der Waals surface area contributed by atoms with Crippen molar-refractivity contribution in [2.24, 2.45) is 5.92 Å². The number of anilines is 1. The quantitative estimate of drug-likeness (QED) is 0.854. The molecule has 7 heteroatoms. The second-order valence-corrected chi connectivity index (χ2v) is 6.25. The summed E-state index contributed by atoms with van der Waals surface area (Å²) in [4.78, 5) is 31.3. The van der Waals surface area contributed by atoms with Gasteiger partial charge in [0.1, 0.15) is 10.7 Å². The molecule has 2 heterocycles. The lowest BCUT2D eigenvalue weighted by atomic mass is 10.1. The molecule has 0 aliphatic carbocycles. The van der Waals surface area contributed by atoms with Crippen LogP contribution < -0.4 is 5.32 Å². The summed E-state index contributed by atoms with van der Waals surface area (Å²) in [6, 6.07) is 1.51. The Bertz CT molecular complexity index is 665. The smallest absolute Gasteiger partial charge is 0.345 e. The molecular formula is C15H17N3O3S. The van der Waals surface area contributed by atoms with E-state index in [4.69, 9.17) is 5.11 Å². The highest BCUT2D eigenvalue weighted by atomic mass is 32.1. The van der Waals surface area contributed by atoms with E-state index in [1.54, 1.807) is 17.8 Å². The van der Waals surface area contributed by atoms with Gasteiger partial charge in [0.25, 0.3) is 0 Å². The molecule has 0 atom stereocenters. The van der Waals surface area contributed by atoms with E-state index in [9.17, 15) is 9.59 Å². The minimum absolute atomic E-state index is 0.123. The molecule has 0 saturated carbocycles. The number of nitrogens with one attached hydrogen (secondary N) is 1. The van der Waals surface area contributed by atoms with Crippen LogP contribution in [-0.4, -0.2) is 27.0 Å². The third-order valence-electron chi connectivity index (χ3n) is 2.81. The number of nitrogens with zero attached hydrogens (tertiary/aromatic N) is 2. The SMILES string of the molecule is CC(C)Cc1ncc(NC(=O)Cc2csc(C(=O)O)c2)cn1. The fourth-order valence-corrected chi connectivity index (χ4v) is 2.61. The number of thiophene rings is 1. The third kappa shape index (κ3) is 4.63.